The zero-order valence-corrected chi connectivity index (χ0v) is 18.5. The van der Waals surface area contributed by atoms with Gasteiger partial charge in [-0.05, 0) is 25.0 Å². The number of carboxylic acids is 2. The van der Waals surface area contributed by atoms with Gasteiger partial charge >= 0.3 is 24.3 Å². The topological polar surface area (TPSA) is 109 Å². The molecular weight excluding hydrogens is 490 g/mol. The first-order chi connectivity index (χ1) is 16.2. The lowest BCUT2D eigenvalue weighted by Gasteiger charge is -2.36. The lowest BCUT2D eigenvalue weighted by atomic mass is 9.82. The van der Waals surface area contributed by atoms with Gasteiger partial charge < -0.3 is 19.7 Å². The summed E-state index contributed by atoms with van der Waals surface area (Å²) in [6.45, 7) is 5.55. The second kappa shape index (κ2) is 12.0. The largest absolute Gasteiger partial charge is 0.490 e. The van der Waals surface area contributed by atoms with Crippen LogP contribution in [0.3, 0.4) is 0 Å². The van der Waals surface area contributed by atoms with Crippen LogP contribution in [0.1, 0.15) is 25.0 Å². The molecule has 3 aliphatic rings. The number of hydrogen-bond acceptors (Lipinski definition) is 6. The minimum Gasteiger partial charge on any atom is -0.475 e. The number of fused-ring (bicyclic) bond motifs is 1. The first kappa shape index (κ1) is 28.8. The fourth-order valence-electron chi connectivity index (χ4n) is 3.95. The minimum absolute atomic E-state index is 0.227. The van der Waals surface area contributed by atoms with Crippen molar-refractivity contribution in [2.75, 3.05) is 32.9 Å². The minimum atomic E-state index is -5.08. The van der Waals surface area contributed by atoms with E-state index in [1.54, 1.807) is 0 Å². The monoisotopic (exact) mass is 516 g/mol. The highest BCUT2D eigenvalue weighted by Crippen LogP contribution is 2.44. The Balaban J connectivity index is 0.000000257. The van der Waals surface area contributed by atoms with Crippen LogP contribution in [-0.2, 0) is 25.7 Å². The Labute approximate surface area is 196 Å². The third kappa shape index (κ3) is 8.61. The zero-order valence-electron chi connectivity index (χ0n) is 18.5. The number of likely N-dealkylation sites (tertiary alicyclic amines) is 1. The summed E-state index contributed by atoms with van der Waals surface area (Å²) in [4.78, 5) is 24.8. The molecule has 0 unspecified atom stereocenters. The van der Waals surface area contributed by atoms with Crippen molar-refractivity contribution in [3.63, 3.8) is 0 Å². The Hall–Kier alpha value is -2.45. The molecule has 1 aromatic rings. The molecule has 4 rings (SSSR count). The Morgan fingerprint density at radius 1 is 1.11 bits per heavy atom. The normalized spacial score (nSPS) is 24.3. The summed E-state index contributed by atoms with van der Waals surface area (Å²) in [5, 5.41) is 14.2. The number of nitrogens with zero attached hydrogens (tertiary/aromatic N) is 2. The average molecular weight is 516 g/mol. The number of aliphatic carboxylic acids is 2. The molecule has 0 radical (unpaired) electrons. The lowest BCUT2D eigenvalue weighted by Crippen LogP contribution is -2.41. The average Bonchev–Trinajstić information content (AvgIpc) is 3.24. The van der Waals surface area contributed by atoms with E-state index in [9.17, 15) is 26.3 Å². The molecule has 14 heteroatoms. The molecule has 0 aromatic carbocycles. The number of ether oxygens (including phenoxy) is 2. The smallest absolute Gasteiger partial charge is 0.475 e. The predicted octanol–water partition coefficient (Wildman–Crippen LogP) is 3.37. The van der Waals surface area contributed by atoms with Gasteiger partial charge in [0.2, 0.25) is 0 Å². The first-order valence-corrected chi connectivity index (χ1v) is 10.6. The maximum Gasteiger partial charge on any atom is 0.490 e. The predicted molar refractivity (Wildman–Crippen MR) is 107 cm³/mol. The molecule has 2 atom stereocenters. The van der Waals surface area contributed by atoms with Gasteiger partial charge in [-0.1, -0.05) is 12.5 Å². The number of carboxylic acid groups (broad SMARTS) is 2. The van der Waals surface area contributed by atoms with E-state index in [0.29, 0.717) is 12.5 Å². The zero-order chi connectivity index (χ0) is 26.3. The fraction of sp³-hybridized carbons (Fsp3) is 0.667. The molecule has 0 amide bonds. The van der Waals surface area contributed by atoms with E-state index < -0.39 is 24.3 Å². The van der Waals surface area contributed by atoms with Crippen LogP contribution in [0.5, 0.6) is 0 Å². The van der Waals surface area contributed by atoms with Gasteiger partial charge in [0, 0.05) is 36.7 Å². The number of carbonyl (C=O) groups is 2. The summed E-state index contributed by atoms with van der Waals surface area (Å²) in [6.07, 6.45) is -4.16. The quantitative estimate of drug-likeness (QED) is 0.574. The highest BCUT2D eigenvalue weighted by Gasteiger charge is 2.52. The van der Waals surface area contributed by atoms with Gasteiger partial charge in [-0.25, -0.2) is 9.59 Å². The van der Waals surface area contributed by atoms with Crippen LogP contribution in [0.15, 0.2) is 24.4 Å². The van der Waals surface area contributed by atoms with Crippen molar-refractivity contribution in [2.45, 2.75) is 44.3 Å². The number of rotatable bonds is 5. The molecule has 2 aliphatic heterocycles. The maximum absolute atomic E-state index is 10.6. The first-order valence-electron chi connectivity index (χ1n) is 10.6. The van der Waals surface area contributed by atoms with Crippen molar-refractivity contribution in [1.29, 1.82) is 0 Å². The van der Waals surface area contributed by atoms with Crippen LogP contribution in [0.4, 0.5) is 26.3 Å². The van der Waals surface area contributed by atoms with Crippen molar-refractivity contribution in [3.05, 3.63) is 30.1 Å². The van der Waals surface area contributed by atoms with Crippen molar-refractivity contribution in [2.24, 2.45) is 11.3 Å². The van der Waals surface area contributed by atoms with Gasteiger partial charge in [0.25, 0.3) is 0 Å². The molecule has 8 nitrogen and oxygen atoms in total. The molecule has 3 fully saturated rings. The SMILES string of the molecule is O=C(O)C(F)(F)F.O=C(O)C(F)(F)F.c1ccc(COC[C@]23COC[C@H]2CN(C2CCC2)C3)nc1. The second-order valence-corrected chi connectivity index (χ2v) is 8.51. The van der Waals surface area contributed by atoms with Gasteiger partial charge in [-0.15, -0.1) is 0 Å². The number of aromatic nitrogens is 1. The molecule has 1 aliphatic carbocycles. The maximum atomic E-state index is 10.6. The second-order valence-electron chi connectivity index (χ2n) is 8.51. The van der Waals surface area contributed by atoms with E-state index in [-0.39, 0.29) is 5.41 Å². The van der Waals surface area contributed by atoms with Gasteiger partial charge in [-0.3, -0.25) is 9.88 Å². The summed E-state index contributed by atoms with van der Waals surface area (Å²) in [7, 11) is 0. The Morgan fingerprint density at radius 3 is 2.17 bits per heavy atom. The van der Waals surface area contributed by atoms with Gasteiger partial charge in [0.15, 0.2) is 0 Å². The molecule has 198 valence electrons. The van der Waals surface area contributed by atoms with E-state index in [4.69, 9.17) is 29.3 Å². The Kier molecular flexibility index (Phi) is 9.86. The van der Waals surface area contributed by atoms with Crippen LogP contribution in [0, 0.1) is 11.3 Å². The lowest BCUT2D eigenvalue weighted by molar-refractivity contribution is -0.193. The van der Waals surface area contributed by atoms with Crippen LogP contribution in [0.25, 0.3) is 0 Å². The van der Waals surface area contributed by atoms with Crippen LogP contribution < -0.4 is 0 Å². The summed E-state index contributed by atoms with van der Waals surface area (Å²) in [5.74, 6) is -4.86. The summed E-state index contributed by atoms with van der Waals surface area (Å²) in [6, 6.07) is 6.81. The molecule has 0 spiro atoms. The van der Waals surface area contributed by atoms with E-state index in [2.05, 4.69) is 9.88 Å². The van der Waals surface area contributed by atoms with Gasteiger partial charge in [0.05, 0.1) is 32.1 Å². The fourth-order valence-corrected chi connectivity index (χ4v) is 3.95. The molecule has 1 saturated carbocycles. The van der Waals surface area contributed by atoms with Crippen LogP contribution in [-0.4, -0.2) is 83.3 Å². The number of alkyl halides is 6. The number of halogens is 6. The molecule has 0 bridgehead atoms. The number of hydrogen-bond donors (Lipinski definition) is 2. The van der Waals surface area contributed by atoms with E-state index in [1.165, 1.54) is 25.8 Å². The molecule has 35 heavy (non-hydrogen) atoms. The van der Waals surface area contributed by atoms with E-state index >= 15 is 0 Å². The molecule has 1 aromatic heterocycles. The molecular formula is C21H26F6N2O6. The highest BCUT2D eigenvalue weighted by molar-refractivity contribution is 5.73. The van der Waals surface area contributed by atoms with E-state index in [0.717, 1.165) is 38.1 Å². The third-order valence-electron chi connectivity index (χ3n) is 5.99. The summed E-state index contributed by atoms with van der Waals surface area (Å²) < 4.78 is 75.3. The van der Waals surface area contributed by atoms with E-state index in [1.807, 2.05) is 24.4 Å². The Morgan fingerprint density at radius 2 is 1.71 bits per heavy atom. The highest BCUT2D eigenvalue weighted by atomic mass is 19.4. The Bertz CT molecular complexity index is 810. The summed E-state index contributed by atoms with van der Waals surface area (Å²) in [5.41, 5.74) is 1.24. The molecule has 3 heterocycles. The van der Waals surface area contributed by atoms with Crippen molar-refractivity contribution in [1.82, 2.24) is 9.88 Å². The van der Waals surface area contributed by atoms with Crippen molar-refractivity contribution >= 4 is 11.9 Å². The van der Waals surface area contributed by atoms with Gasteiger partial charge in [-0.2, -0.15) is 26.3 Å². The van der Waals surface area contributed by atoms with Gasteiger partial charge in [0.1, 0.15) is 0 Å². The van der Waals surface area contributed by atoms with Crippen molar-refractivity contribution in [3.8, 4) is 0 Å². The standard InChI is InChI=1S/C17H24N2O2.2C2HF3O2/c1-2-7-18-15(4-1)10-21-13-17-11-19(16-5-3-6-16)8-14(17)9-20-12-17;2*3-2(4,5)1(6)7/h1-2,4,7,14,16H,3,5-6,8-13H2;2*(H,6,7)/t14-,17+;;/m1../s1. The molecule has 2 N–H and O–H groups in total. The number of pyridine rings is 1. The molecule has 2 saturated heterocycles. The van der Waals surface area contributed by atoms with Crippen LogP contribution in [0.2, 0.25) is 0 Å². The van der Waals surface area contributed by atoms with Crippen molar-refractivity contribution < 1.29 is 55.6 Å². The van der Waals surface area contributed by atoms with Crippen LogP contribution >= 0.6 is 0 Å². The summed E-state index contributed by atoms with van der Waals surface area (Å²) >= 11 is 0. The third-order valence-corrected chi connectivity index (χ3v) is 5.99.